The summed E-state index contributed by atoms with van der Waals surface area (Å²) in [7, 11) is 1.33. The van der Waals surface area contributed by atoms with Crippen LogP contribution in [0.15, 0.2) is 39.0 Å². The Bertz CT molecular complexity index is 676. The van der Waals surface area contributed by atoms with E-state index in [0.29, 0.717) is 16.6 Å². The summed E-state index contributed by atoms with van der Waals surface area (Å²) in [4.78, 5) is 28.2. The zero-order chi connectivity index (χ0) is 15.9. The van der Waals surface area contributed by atoms with E-state index in [1.807, 2.05) is 24.3 Å². The Balaban J connectivity index is 1.83. The molecule has 1 amide bonds. The number of hydrogen-bond donors (Lipinski definition) is 1. The predicted molar refractivity (Wildman–Crippen MR) is 91.3 cm³/mol. The normalized spacial score (nSPS) is 10.3. The monoisotopic (exact) mass is 400 g/mol. The number of thiazole rings is 1. The number of benzene rings is 1. The number of thioether (sulfide) groups is 1. The van der Waals surface area contributed by atoms with Gasteiger partial charge in [-0.2, -0.15) is 0 Å². The first-order valence-corrected chi connectivity index (χ1v) is 8.92. The van der Waals surface area contributed by atoms with Crippen LogP contribution in [0.4, 0.5) is 5.13 Å². The third-order valence-corrected chi connectivity index (χ3v) is 4.81. The average molecular weight is 401 g/mol. The Hall–Kier alpha value is -1.38. The number of hydrogen-bond acceptors (Lipinski definition) is 6. The molecule has 0 radical (unpaired) electrons. The molecule has 0 atom stereocenters. The van der Waals surface area contributed by atoms with Crippen LogP contribution in [0, 0.1) is 0 Å². The third-order valence-electron chi connectivity index (χ3n) is 2.52. The molecule has 0 unspecified atom stereocenters. The summed E-state index contributed by atoms with van der Waals surface area (Å²) < 4.78 is 5.55. The number of carbonyl (C=O) groups is 2. The standard InChI is InChI=1S/C14H13BrN2O3S2/c1-20-13(19)6-10-7-22-14(16-10)17-12(18)8-21-11-4-2-3-9(15)5-11/h2-5,7H,6,8H2,1H3,(H,16,17,18). The fourth-order valence-corrected chi connectivity index (χ4v) is 3.56. The summed E-state index contributed by atoms with van der Waals surface area (Å²) in [5.41, 5.74) is 0.590. The van der Waals surface area contributed by atoms with Crippen molar-refractivity contribution in [2.45, 2.75) is 11.3 Å². The molecule has 1 N–H and O–H groups in total. The van der Waals surface area contributed by atoms with E-state index in [1.165, 1.54) is 30.2 Å². The van der Waals surface area contributed by atoms with Gasteiger partial charge in [-0.15, -0.1) is 23.1 Å². The van der Waals surface area contributed by atoms with Crippen molar-refractivity contribution in [2.75, 3.05) is 18.2 Å². The first-order chi connectivity index (χ1) is 10.6. The molecule has 1 heterocycles. The molecular formula is C14H13BrN2O3S2. The smallest absolute Gasteiger partial charge is 0.311 e. The number of anilines is 1. The Morgan fingerprint density at radius 1 is 1.45 bits per heavy atom. The molecule has 0 fully saturated rings. The second-order valence-electron chi connectivity index (χ2n) is 4.19. The van der Waals surface area contributed by atoms with E-state index in [9.17, 15) is 9.59 Å². The van der Waals surface area contributed by atoms with E-state index in [2.05, 4.69) is 31.0 Å². The Labute approximate surface area is 144 Å². The van der Waals surface area contributed by atoms with Crippen LogP contribution in [0.1, 0.15) is 5.69 Å². The minimum atomic E-state index is -0.353. The van der Waals surface area contributed by atoms with Crippen molar-refractivity contribution in [2.24, 2.45) is 0 Å². The molecule has 0 aliphatic heterocycles. The van der Waals surface area contributed by atoms with Gasteiger partial charge in [-0.1, -0.05) is 22.0 Å². The number of halogens is 1. The highest BCUT2D eigenvalue weighted by Gasteiger charge is 2.10. The predicted octanol–water partition coefficient (Wildman–Crippen LogP) is 3.35. The molecule has 22 heavy (non-hydrogen) atoms. The molecule has 0 aliphatic carbocycles. The van der Waals surface area contributed by atoms with Crippen molar-refractivity contribution in [1.29, 1.82) is 0 Å². The fourth-order valence-electron chi connectivity index (χ4n) is 1.53. The highest BCUT2D eigenvalue weighted by atomic mass is 79.9. The van der Waals surface area contributed by atoms with Crippen molar-refractivity contribution in [3.63, 3.8) is 0 Å². The largest absolute Gasteiger partial charge is 0.469 e. The van der Waals surface area contributed by atoms with Crippen LogP contribution in [-0.2, 0) is 20.7 Å². The lowest BCUT2D eigenvalue weighted by molar-refractivity contribution is -0.139. The van der Waals surface area contributed by atoms with Gasteiger partial charge in [0.25, 0.3) is 0 Å². The number of amides is 1. The third kappa shape index (κ3) is 5.43. The maximum atomic E-state index is 11.9. The molecule has 1 aromatic carbocycles. The second-order valence-corrected chi connectivity index (χ2v) is 7.01. The number of nitrogens with one attached hydrogen (secondary N) is 1. The van der Waals surface area contributed by atoms with Gasteiger partial charge in [0.05, 0.1) is 25.0 Å². The number of esters is 1. The van der Waals surface area contributed by atoms with Gasteiger partial charge in [-0.3, -0.25) is 9.59 Å². The quantitative estimate of drug-likeness (QED) is 0.594. The lowest BCUT2D eigenvalue weighted by atomic mass is 10.3. The van der Waals surface area contributed by atoms with E-state index < -0.39 is 0 Å². The number of rotatable bonds is 6. The summed E-state index contributed by atoms with van der Waals surface area (Å²) in [5.74, 6) is -0.195. The summed E-state index contributed by atoms with van der Waals surface area (Å²) in [5, 5.41) is 4.94. The van der Waals surface area contributed by atoms with Crippen molar-refractivity contribution in [1.82, 2.24) is 4.98 Å². The van der Waals surface area contributed by atoms with Crippen LogP contribution in [0.25, 0.3) is 0 Å². The molecule has 0 saturated carbocycles. The van der Waals surface area contributed by atoms with E-state index in [-0.39, 0.29) is 18.3 Å². The van der Waals surface area contributed by atoms with E-state index in [4.69, 9.17) is 0 Å². The average Bonchev–Trinajstić information content (AvgIpc) is 2.92. The van der Waals surface area contributed by atoms with Gasteiger partial charge in [0.15, 0.2) is 5.13 Å². The molecule has 0 saturated heterocycles. The summed E-state index contributed by atoms with van der Waals surface area (Å²) in [6.45, 7) is 0. The number of ether oxygens (including phenoxy) is 1. The van der Waals surface area contributed by atoms with Gasteiger partial charge in [0.1, 0.15) is 0 Å². The fraction of sp³-hybridized carbons (Fsp3) is 0.214. The van der Waals surface area contributed by atoms with Crippen LogP contribution < -0.4 is 5.32 Å². The molecule has 8 heteroatoms. The van der Waals surface area contributed by atoms with Crippen LogP contribution in [-0.4, -0.2) is 29.7 Å². The molecule has 5 nitrogen and oxygen atoms in total. The second kappa shape index (κ2) is 8.30. The molecule has 0 spiro atoms. The van der Waals surface area contributed by atoms with Crippen molar-refractivity contribution in [3.8, 4) is 0 Å². The molecule has 0 aliphatic rings. The van der Waals surface area contributed by atoms with Crippen molar-refractivity contribution >= 4 is 56.0 Å². The Morgan fingerprint density at radius 3 is 3.00 bits per heavy atom. The van der Waals surface area contributed by atoms with Crippen molar-refractivity contribution < 1.29 is 14.3 Å². The zero-order valence-electron chi connectivity index (χ0n) is 11.7. The van der Waals surface area contributed by atoms with Crippen LogP contribution in [0.5, 0.6) is 0 Å². The van der Waals surface area contributed by atoms with Gasteiger partial charge >= 0.3 is 5.97 Å². The maximum absolute atomic E-state index is 11.9. The number of aromatic nitrogens is 1. The number of methoxy groups -OCH3 is 1. The van der Waals surface area contributed by atoms with Gasteiger partial charge in [-0.05, 0) is 18.2 Å². The Kier molecular flexibility index (Phi) is 6.41. The van der Waals surface area contributed by atoms with Gasteiger partial charge in [0.2, 0.25) is 5.91 Å². The first-order valence-electron chi connectivity index (χ1n) is 6.26. The van der Waals surface area contributed by atoms with Crippen LogP contribution in [0.2, 0.25) is 0 Å². The maximum Gasteiger partial charge on any atom is 0.311 e. The SMILES string of the molecule is COC(=O)Cc1csc(NC(=O)CSc2cccc(Br)c2)n1. The highest BCUT2D eigenvalue weighted by Crippen LogP contribution is 2.22. The van der Waals surface area contributed by atoms with E-state index in [1.54, 1.807) is 5.38 Å². The minimum absolute atomic E-state index is 0.107. The van der Waals surface area contributed by atoms with E-state index >= 15 is 0 Å². The van der Waals surface area contributed by atoms with Gasteiger partial charge < -0.3 is 10.1 Å². The molecule has 116 valence electrons. The topological polar surface area (TPSA) is 68.3 Å². The lowest BCUT2D eigenvalue weighted by Gasteiger charge is -2.02. The zero-order valence-corrected chi connectivity index (χ0v) is 14.9. The molecule has 1 aromatic heterocycles. The van der Waals surface area contributed by atoms with E-state index in [0.717, 1.165) is 9.37 Å². The highest BCUT2D eigenvalue weighted by molar-refractivity contribution is 9.10. The Morgan fingerprint density at radius 2 is 2.27 bits per heavy atom. The lowest BCUT2D eigenvalue weighted by Crippen LogP contribution is -2.14. The molecule has 0 bridgehead atoms. The number of nitrogens with zero attached hydrogens (tertiary/aromatic N) is 1. The first kappa shape index (κ1) is 17.0. The summed E-state index contributed by atoms with van der Waals surface area (Å²) >= 11 is 6.12. The minimum Gasteiger partial charge on any atom is -0.469 e. The molecule has 2 rings (SSSR count). The number of carbonyl (C=O) groups excluding carboxylic acids is 2. The molecular weight excluding hydrogens is 388 g/mol. The summed E-state index contributed by atoms with van der Waals surface area (Å²) in [6, 6.07) is 7.75. The van der Waals surface area contributed by atoms with Crippen molar-refractivity contribution in [3.05, 3.63) is 39.8 Å². The van der Waals surface area contributed by atoms with Gasteiger partial charge in [-0.25, -0.2) is 4.98 Å². The van der Waals surface area contributed by atoms with Gasteiger partial charge in [0, 0.05) is 14.7 Å². The summed E-state index contributed by atoms with van der Waals surface area (Å²) in [6.07, 6.45) is 0.107. The van der Waals surface area contributed by atoms with Crippen LogP contribution in [0.3, 0.4) is 0 Å². The van der Waals surface area contributed by atoms with Crippen LogP contribution >= 0.6 is 39.0 Å². The molecule has 2 aromatic rings.